The Kier molecular flexibility index (Phi) is 6.87. The van der Waals surface area contributed by atoms with Crippen molar-refractivity contribution in [3.8, 4) is 5.75 Å². The van der Waals surface area contributed by atoms with Crippen molar-refractivity contribution in [3.63, 3.8) is 0 Å². The van der Waals surface area contributed by atoms with Crippen LogP contribution in [-0.2, 0) is 16.0 Å². The van der Waals surface area contributed by atoms with Crippen molar-refractivity contribution < 1.29 is 14.3 Å². The molecule has 2 amide bonds. The van der Waals surface area contributed by atoms with Crippen LogP contribution < -0.4 is 15.4 Å². The first-order valence-electron chi connectivity index (χ1n) is 11.2. The van der Waals surface area contributed by atoms with Gasteiger partial charge in [-0.05, 0) is 68.1 Å². The number of amides is 2. The number of hydrogen-bond donors (Lipinski definition) is 2. The molecule has 1 fully saturated rings. The van der Waals surface area contributed by atoms with Gasteiger partial charge in [0.15, 0.2) is 0 Å². The molecule has 2 aliphatic heterocycles. The van der Waals surface area contributed by atoms with Gasteiger partial charge in [-0.15, -0.1) is 0 Å². The van der Waals surface area contributed by atoms with Gasteiger partial charge in [-0.1, -0.05) is 30.3 Å². The Bertz CT molecular complexity index is 924. The number of carbonyl (C=O) groups is 2. The van der Waals surface area contributed by atoms with E-state index in [2.05, 4.69) is 27.7 Å². The maximum atomic E-state index is 12.6. The van der Waals surface area contributed by atoms with Crippen molar-refractivity contribution in [1.29, 1.82) is 0 Å². The van der Waals surface area contributed by atoms with Crippen molar-refractivity contribution in [2.45, 2.75) is 38.1 Å². The van der Waals surface area contributed by atoms with E-state index in [1.165, 1.54) is 12.8 Å². The van der Waals surface area contributed by atoms with Crippen molar-refractivity contribution in [2.75, 3.05) is 32.1 Å². The summed E-state index contributed by atoms with van der Waals surface area (Å²) < 4.78 is 5.39. The van der Waals surface area contributed by atoms with E-state index in [1.807, 2.05) is 36.4 Å². The van der Waals surface area contributed by atoms with Gasteiger partial charge >= 0.3 is 0 Å². The Morgan fingerprint density at radius 2 is 2.00 bits per heavy atom. The highest BCUT2D eigenvalue weighted by Crippen LogP contribution is 2.29. The molecule has 0 saturated carbocycles. The number of hydrogen-bond acceptors (Lipinski definition) is 4. The van der Waals surface area contributed by atoms with E-state index in [0.717, 1.165) is 35.7 Å². The summed E-state index contributed by atoms with van der Waals surface area (Å²) in [6, 6.07) is 16.1. The predicted octanol–water partition coefficient (Wildman–Crippen LogP) is 3.54. The van der Waals surface area contributed by atoms with Crippen LogP contribution in [0.3, 0.4) is 0 Å². The number of para-hydroxylation sites is 1. The highest BCUT2D eigenvalue weighted by Gasteiger charge is 2.27. The Morgan fingerprint density at radius 3 is 2.81 bits per heavy atom. The third kappa shape index (κ3) is 5.25. The van der Waals surface area contributed by atoms with Crippen LogP contribution in [0.4, 0.5) is 5.69 Å². The number of fused-ring (bicyclic) bond motifs is 1. The second kappa shape index (κ2) is 9.96. The molecule has 6 nitrogen and oxygen atoms in total. The third-order valence-corrected chi connectivity index (χ3v) is 6.38. The zero-order valence-corrected chi connectivity index (χ0v) is 18.1. The number of methoxy groups -OCH3 is 1. The number of nitrogens with one attached hydrogen (secondary N) is 2. The molecule has 4 rings (SSSR count). The Labute approximate surface area is 184 Å². The summed E-state index contributed by atoms with van der Waals surface area (Å²) in [5.41, 5.74) is 3.18. The summed E-state index contributed by atoms with van der Waals surface area (Å²) in [4.78, 5) is 27.5. The van der Waals surface area contributed by atoms with Gasteiger partial charge < -0.3 is 15.4 Å². The second-order valence-corrected chi connectivity index (χ2v) is 8.43. The number of carbonyl (C=O) groups excluding carboxylic acids is 2. The van der Waals surface area contributed by atoms with Gasteiger partial charge in [0.05, 0.1) is 13.2 Å². The number of anilines is 1. The van der Waals surface area contributed by atoms with Crippen molar-refractivity contribution >= 4 is 17.5 Å². The first kappa shape index (κ1) is 21.4. The number of ether oxygens (including phenoxy) is 1. The quantitative estimate of drug-likeness (QED) is 0.684. The highest BCUT2D eigenvalue weighted by molar-refractivity contribution is 5.96. The van der Waals surface area contributed by atoms with Crippen LogP contribution in [-0.4, -0.2) is 43.5 Å². The molecule has 0 aromatic heterocycles. The smallest absolute Gasteiger partial charge is 0.227 e. The Balaban J connectivity index is 1.33. The van der Waals surface area contributed by atoms with Crippen molar-refractivity contribution in [1.82, 2.24) is 10.2 Å². The van der Waals surface area contributed by atoms with Crippen LogP contribution in [0.1, 0.15) is 42.9 Å². The van der Waals surface area contributed by atoms with Crippen LogP contribution in [0.5, 0.6) is 5.75 Å². The van der Waals surface area contributed by atoms with Crippen LogP contribution >= 0.6 is 0 Å². The summed E-state index contributed by atoms with van der Waals surface area (Å²) >= 11 is 0. The Hall–Kier alpha value is -2.86. The Morgan fingerprint density at radius 1 is 1.19 bits per heavy atom. The minimum atomic E-state index is -0.159. The topological polar surface area (TPSA) is 70.7 Å². The van der Waals surface area contributed by atoms with Gasteiger partial charge in [0.1, 0.15) is 5.75 Å². The second-order valence-electron chi connectivity index (χ2n) is 8.43. The van der Waals surface area contributed by atoms with Gasteiger partial charge in [-0.2, -0.15) is 0 Å². The molecule has 6 heteroatoms. The minimum Gasteiger partial charge on any atom is -0.497 e. The minimum absolute atomic E-state index is 0.00116. The van der Waals surface area contributed by atoms with E-state index in [0.29, 0.717) is 25.8 Å². The van der Waals surface area contributed by atoms with Gasteiger partial charge in [0.2, 0.25) is 11.8 Å². The number of nitrogens with zero attached hydrogens (tertiary/aromatic N) is 1. The summed E-state index contributed by atoms with van der Waals surface area (Å²) in [7, 11) is 1.67. The van der Waals surface area contributed by atoms with E-state index >= 15 is 0 Å². The number of likely N-dealkylation sites (tertiary alicyclic amines) is 1. The zero-order valence-electron chi connectivity index (χ0n) is 18.1. The first-order chi connectivity index (χ1) is 15.1. The van der Waals surface area contributed by atoms with Gasteiger partial charge in [0.25, 0.3) is 0 Å². The van der Waals surface area contributed by atoms with Gasteiger partial charge in [0, 0.05) is 24.6 Å². The molecule has 1 saturated heterocycles. The van der Waals surface area contributed by atoms with E-state index in [9.17, 15) is 9.59 Å². The van der Waals surface area contributed by atoms with Crippen molar-refractivity contribution in [2.24, 2.45) is 5.92 Å². The maximum Gasteiger partial charge on any atom is 0.227 e. The third-order valence-electron chi connectivity index (χ3n) is 6.38. The molecule has 2 aromatic carbocycles. The lowest BCUT2D eigenvalue weighted by Crippen LogP contribution is -2.37. The molecule has 2 atom stereocenters. The maximum absolute atomic E-state index is 12.6. The van der Waals surface area contributed by atoms with E-state index in [4.69, 9.17) is 4.74 Å². The average Bonchev–Trinajstić information content (AvgIpc) is 3.32. The SMILES string of the molecule is COc1cccc(C(CNC(=O)CCC2Cc3ccccc3NC2=O)N2CCCC2)c1. The normalized spacial score (nSPS) is 19.4. The van der Waals surface area contributed by atoms with E-state index in [-0.39, 0.29) is 23.8 Å². The molecule has 0 aliphatic carbocycles. The lowest BCUT2D eigenvalue weighted by atomic mass is 9.89. The average molecular weight is 422 g/mol. The monoisotopic (exact) mass is 421 g/mol. The summed E-state index contributed by atoms with van der Waals surface area (Å²) in [5, 5.41) is 6.08. The molecular weight excluding hydrogens is 390 g/mol. The molecule has 164 valence electrons. The van der Waals surface area contributed by atoms with Crippen LogP contribution in [0.15, 0.2) is 48.5 Å². The number of rotatable bonds is 8. The van der Waals surface area contributed by atoms with Gasteiger partial charge in [-0.3, -0.25) is 14.5 Å². The summed E-state index contributed by atoms with van der Waals surface area (Å²) in [6.45, 7) is 2.64. The molecule has 0 radical (unpaired) electrons. The van der Waals surface area contributed by atoms with Crippen LogP contribution in [0.2, 0.25) is 0 Å². The highest BCUT2D eigenvalue weighted by atomic mass is 16.5. The molecule has 0 spiro atoms. The van der Waals surface area contributed by atoms with Gasteiger partial charge in [-0.25, -0.2) is 0 Å². The molecule has 0 bridgehead atoms. The van der Waals surface area contributed by atoms with E-state index in [1.54, 1.807) is 7.11 Å². The molecule has 2 aromatic rings. The molecule has 2 aliphatic rings. The van der Waals surface area contributed by atoms with Crippen LogP contribution in [0, 0.1) is 5.92 Å². The first-order valence-corrected chi connectivity index (χ1v) is 11.2. The fourth-order valence-corrected chi connectivity index (χ4v) is 4.61. The molecular formula is C25H31N3O3. The molecule has 2 heterocycles. The fraction of sp³-hybridized carbons (Fsp3) is 0.440. The van der Waals surface area contributed by atoms with Crippen molar-refractivity contribution in [3.05, 3.63) is 59.7 Å². The lowest BCUT2D eigenvalue weighted by Gasteiger charge is -2.28. The zero-order chi connectivity index (χ0) is 21.6. The number of benzene rings is 2. The summed E-state index contributed by atoms with van der Waals surface area (Å²) in [5.74, 6) is 0.682. The van der Waals surface area contributed by atoms with Crippen LogP contribution in [0.25, 0.3) is 0 Å². The fourth-order valence-electron chi connectivity index (χ4n) is 4.61. The standard InChI is InChI=1S/C25H31N3O3/c1-31-21-9-6-8-19(16-21)23(28-13-4-5-14-28)17-26-24(29)12-11-20-15-18-7-2-3-10-22(18)27-25(20)30/h2-3,6-10,16,20,23H,4-5,11-15,17H2,1H3,(H,26,29)(H,27,30). The molecule has 2 N–H and O–H groups in total. The largest absolute Gasteiger partial charge is 0.497 e. The molecule has 2 unspecified atom stereocenters. The molecule has 31 heavy (non-hydrogen) atoms. The lowest BCUT2D eigenvalue weighted by molar-refractivity contribution is -0.123. The van der Waals surface area contributed by atoms with E-state index < -0.39 is 0 Å². The summed E-state index contributed by atoms with van der Waals surface area (Å²) in [6.07, 6.45) is 3.97. The predicted molar refractivity (Wildman–Crippen MR) is 121 cm³/mol.